The van der Waals surface area contributed by atoms with E-state index in [0.29, 0.717) is 18.9 Å². The van der Waals surface area contributed by atoms with E-state index >= 15 is 0 Å². The number of hydrogen-bond donors (Lipinski definition) is 2. The van der Waals surface area contributed by atoms with Crippen LogP contribution in [0.4, 0.5) is 0 Å². The van der Waals surface area contributed by atoms with E-state index in [1.54, 1.807) is 36.1 Å². The van der Waals surface area contributed by atoms with Gasteiger partial charge >= 0.3 is 0 Å². The molecule has 0 atom stereocenters. The van der Waals surface area contributed by atoms with Crippen molar-refractivity contribution in [2.45, 2.75) is 18.4 Å². The van der Waals surface area contributed by atoms with Crippen LogP contribution in [-0.2, 0) is 11.5 Å². The summed E-state index contributed by atoms with van der Waals surface area (Å²) in [4.78, 5) is 22.0. The lowest BCUT2D eigenvalue weighted by molar-refractivity contribution is -0.463. The molecular weight excluding hydrogens is 376 g/mol. The molecule has 0 aliphatic rings. The molecule has 0 aliphatic heterocycles. The Morgan fingerprint density at radius 3 is 2.96 bits per heavy atom. The molecule has 0 amide bonds. The summed E-state index contributed by atoms with van der Waals surface area (Å²) in [5.41, 5.74) is 2.99. The third-order valence-electron chi connectivity index (χ3n) is 3.31. The Bertz CT molecular complexity index is 689. The summed E-state index contributed by atoms with van der Waals surface area (Å²) in [6, 6.07) is 1.82. The highest BCUT2D eigenvalue weighted by atomic mass is 32.2. The van der Waals surface area contributed by atoms with Crippen LogP contribution < -0.4 is 5.32 Å². The summed E-state index contributed by atoms with van der Waals surface area (Å²) in [7, 11) is 0. The lowest BCUT2D eigenvalue weighted by atomic mass is 10.4. The maximum atomic E-state index is 10.8. The van der Waals surface area contributed by atoms with Crippen molar-refractivity contribution in [3.8, 4) is 0 Å². The van der Waals surface area contributed by atoms with Crippen LogP contribution in [-0.4, -0.2) is 57.0 Å². The molecule has 2 aromatic rings. The fraction of sp³-hybridized carbons (Fsp3) is 0.533. The van der Waals surface area contributed by atoms with E-state index in [4.69, 9.17) is 4.52 Å². The summed E-state index contributed by atoms with van der Waals surface area (Å²) in [5, 5.41) is 17.7. The van der Waals surface area contributed by atoms with Gasteiger partial charge in [0.2, 0.25) is 0 Å². The van der Waals surface area contributed by atoms with Crippen LogP contribution in [0.5, 0.6) is 0 Å². The van der Waals surface area contributed by atoms with Gasteiger partial charge in [0.05, 0.1) is 24.3 Å². The molecule has 2 N–H and O–H groups in total. The molecule has 2 aromatic heterocycles. The van der Waals surface area contributed by atoms with Gasteiger partial charge in [0, 0.05) is 46.2 Å². The number of hydrogen-bond acceptors (Lipinski definition) is 8. The number of nitrogens with zero attached hydrogens (tertiary/aromatic N) is 4. The molecule has 0 aliphatic carbocycles. The summed E-state index contributed by atoms with van der Waals surface area (Å²) in [6.45, 7) is 2.86. The quantitative estimate of drug-likeness (QED) is 0.183. The van der Waals surface area contributed by atoms with E-state index in [9.17, 15) is 10.1 Å². The van der Waals surface area contributed by atoms with E-state index in [1.807, 2.05) is 13.0 Å². The van der Waals surface area contributed by atoms with Crippen molar-refractivity contribution in [1.82, 2.24) is 20.4 Å². The number of H-pyrrole nitrogens is 1. The van der Waals surface area contributed by atoms with Gasteiger partial charge in [-0.25, -0.2) is 4.98 Å². The van der Waals surface area contributed by atoms with Gasteiger partial charge in [0.15, 0.2) is 5.84 Å². The highest BCUT2D eigenvalue weighted by Gasteiger charge is 2.07. The largest absolute Gasteiger partial charge is 0.368 e. The molecule has 0 saturated heterocycles. The first-order chi connectivity index (χ1) is 12.6. The summed E-state index contributed by atoms with van der Waals surface area (Å²) >= 11 is 3.39. The van der Waals surface area contributed by atoms with Crippen LogP contribution in [0.2, 0.25) is 0 Å². The molecule has 2 rings (SSSR count). The number of aliphatic imine (C=N–C) groups is 1. The molecule has 0 unspecified atom stereocenters. The normalized spacial score (nSPS) is 11.7. The van der Waals surface area contributed by atoms with Gasteiger partial charge in [0.1, 0.15) is 6.26 Å². The zero-order valence-electron chi connectivity index (χ0n) is 14.5. The number of rotatable bonds is 12. The van der Waals surface area contributed by atoms with Crippen LogP contribution in [0.3, 0.4) is 0 Å². The Morgan fingerprint density at radius 2 is 2.27 bits per heavy atom. The smallest absolute Gasteiger partial charge is 0.259 e. The van der Waals surface area contributed by atoms with E-state index in [0.717, 1.165) is 40.1 Å². The van der Waals surface area contributed by atoms with Crippen LogP contribution >= 0.6 is 23.5 Å². The molecule has 11 heteroatoms. The fourth-order valence-electron chi connectivity index (χ4n) is 1.99. The van der Waals surface area contributed by atoms with E-state index < -0.39 is 0 Å². The van der Waals surface area contributed by atoms with Gasteiger partial charge in [-0.05, 0) is 6.92 Å². The van der Waals surface area contributed by atoms with Gasteiger partial charge in [0.25, 0.3) is 6.54 Å². The van der Waals surface area contributed by atoms with Crippen LogP contribution in [0.1, 0.15) is 17.1 Å². The third kappa shape index (κ3) is 7.91. The molecule has 0 bridgehead atoms. The van der Waals surface area contributed by atoms with Crippen molar-refractivity contribution < 1.29 is 9.45 Å². The molecule has 0 fully saturated rings. The monoisotopic (exact) mass is 398 g/mol. The number of thioether (sulfide) groups is 2. The van der Waals surface area contributed by atoms with Crippen molar-refractivity contribution in [3.05, 3.63) is 45.9 Å². The SMILES string of the molecule is Cc1[nH]cnc1CSCCN=C(C[N+](=O)[O-])NCCSCc1ccon1. The Morgan fingerprint density at radius 1 is 1.42 bits per heavy atom. The van der Waals surface area contributed by atoms with E-state index in [2.05, 4.69) is 25.4 Å². The number of nitrogens with one attached hydrogen (secondary N) is 2. The first-order valence-electron chi connectivity index (χ1n) is 8.07. The van der Waals surface area contributed by atoms with Crippen LogP contribution in [0.15, 0.2) is 28.2 Å². The molecule has 2 heterocycles. The van der Waals surface area contributed by atoms with Crippen LogP contribution in [0, 0.1) is 17.0 Å². The summed E-state index contributed by atoms with van der Waals surface area (Å²) < 4.78 is 4.77. The Labute approximate surface area is 160 Å². The predicted octanol–water partition coefficient (Wildman–Crippen LogP) is 2.14. The number of imidazole rings is 1. The van der Waals surface area contributed by atoms with Crippen molar-refractivity contribution in [2.24, 2.45) is 4.99 Å². The van der Waals surface area contributed by atoms with Crippen molar-refractivity contribution >= 4 is 29.4 Å². The Kier molecular flexibility index (Phi) is 9.04. The Hall–Kier alpha value is -2.01. The fourth-order valence-corrected chi connectivity index (χ4v) is 3.58. The number of nitro groups is 1. The average Bonchev–Trinajstić information content (AvgIpc) is 3.25. The molecule has 0 saturated carbocycles. The van der Waals surface area contributed by atoms with Crippen molar-refractivity contribution in [2.75, 3.05) is 31.1 Å². The lowest BCUT2D eigenvalue weighted by Gasteiger charge is -2.06. The van der Waals surface area contributed by atoms with Gasteiger partial charge in [-0.2, -0.15) is 23.5 Å². The maximum absolute atomic E-state index is 10.8. The highest BCUT2D eigenvalue weighted by Crippen LogP contribution is 2.12. The molecular formula is C15H22N6O3S2. The predicted molar refractivity (Wildman–Crippen MR) is 104 cm³/mol. The topological polar surface area (TPSA) is 122 Å². The number of aromatic nitrogens is 3. The van der Waals surface area contributed by atoms with E-state index in [-0.39, 0.29) is 11.5 Å². The van der Waals surface area contributed by atoms with Gasteiger partial charge in [-0.3, -0.25) is 15.1 Å². The van der Waals surface area contributed by atoms with Crippen LogP contribution in [0.25, 0.3) is 0 Å². The van der Waals surface area contributed by atoms with Gasteiger partial charge in [-0.1, -0.05) is 5.16 Å². The van der Waals surface area contributed by atoms with Gasteiger partial charge in [-0.15, -0.1) is 0 Å². The minimum Gasteiger partial charge on any atom is -0.368 e. The van der Waals surface area contributed by atoms with Crippen molar-refractivity contribution in [3.63, 3.8) is 0 Å². The zero-order valence-corrected chi connectivity index (χ0v) is 16.1. The minimum atomic E-state index is -0.366. The minimum absolute atomic E-state index is 0.281. The first-order valence-corrected chi connectivity index (χ1v) is 10.4. The zero-order chi connectivity index (χ0) is 18.6. The van der Waals surface area contributed by atoms with E-state index in [1.165, 1.54) is 0 Å². The molecule has 142 valence electrons. The number of aryl methyl sites for hydroxylation is 1. The lowest BCUT2D eigenvalue weighted by Crippen LogP contribution is -2.32. The molecule has 0 radical (unpaired) electrons. The molecule has 0 spiro atoms. The summed E-state index contributed by atoms with van der Waals surface area (Å²) in [6.07, 6.45) is 3.23. The average molecular weight is 399 g/mol. The molecule has 0 aromatic carbocycles. The molecule has 9 nitrogen and oxygen atoms in total. The second kappa shape index (κ2) is 11.6. The Balaban J connectivity index is 1.63. The maximum Gasteiger partial charge on any atom is 0.259 e. The standard InChI is InChI=1S/C15H22N6O3S2/c1-12-14(19-11-18-12)10-26-7-4-17-15(8-21(22)23)16-3-6-25-9-13-2-5-24-20-13/h2,5,11H,3-4,6-10H2,1H3,(H,16,17)(H,18,19). The molecule has 26 heavy (non-hydrogen) atoms. The third-order valence-corrected chi connectivity index (χ3v) is 5.25. The van der Waals surface area contributed by atoms with Gasteiger partial charge < -0.3 is 14.8 Å². The number of aromatic amines is 1. The number of amidine groups is 1. The van der Waals surface area contributed by atoms with Crippen molar-refractivity contribution in [1.29, 1.82) is 0 Å². The second-order valence-corrected chi connectivity index (χ2v) is 7.53. The highest BCUT2D eigenvalue weighted by molar-refractivity contribution is 7.98. The summed E-state index contributed by atoms with van der Waals surface area (Å²) in [5.74, 6) is 3.57. The second-order valence-electron chi connectivity index (χ2n) is 5.32. The first kappa shape index (κ1) is 20.3.